The summed E-state index contributed by atoms with van der Waals surface area (Å²) in [6.07, 6.45) is 2.27. The molecule has 0 saturated carbocycles. The summed E-state index contributed by atoms with van der Waals surface area (Å²) in [5, 5.41) is 22.9. The van der Waals surface area contributed by atoms with Crippen LogP contribution in [0.1, 0.15) is 0 Å². The van der Waals surface area contributed by atoms with Gasteiger partial charge in [0.1, 0.15) is 25.0 Å². The number of aliphatic hydroxyl groups excluding tert-OH is 2. The van der Waals surface area contributed by atoms with E-state index in [0.29, 0.717) is 5.65 Å². The number of nitrogens with zero attached hydrogens (tertiary/aromatic N) is 5. The van der Waals surface area contributed by atoms with Crippen LogP contribution in [0.2, 0.25) is 0 Å². The first-order chi connectivity index (χ1) is 9.13. The zero-order chi connectivity index (χ0) is 13.8. The lowest BCUT2D eigenvalue weighted by atomic mass is 10.4. The first kappa shape index (κ1) is 13.7. The van der Waals surface area contributed by atoms with Gasteiger partial charge in [-0.15, -0.1) is 0 Å². The van der Waals surface area contributed by atoms with Gasteiger partial charge in [0.2, 0.25) is 0 Å². The van der Waals surface area contributed by atoms with Crippen LogP contribution in [0, 0.1) is 0 Å². The SMILES string of the molecule is CN(C)c1ncnc2c1cnn2COC[C@@H](O)CO. The molecular weight excluding hydrogens is 250 g/mol. The fourth-order valence-corrected chi connectivity index (χ4v) is 1.66. The van der Waals surface area contributed by atoms with Gasteiger partial charge >= 0.3 is 0 Å². The smallest absolute Gasteiger partial charge is 0.165 e. The maximum atomic E-state index is 9.18. The minimum absolute atomic E-state index is 0.0451. The molecule has 0 aromatic carbocycles. The zero-order valence-corrected chi connectivity index (χ0v) is 10.9. The molecule has 8 heteroatoms. The van der Waals surface area contributed by atoms with E-state index in [4.69, 9.17) is 9.84 Å². The predicted octanol–water partition coefficient (Wildman–Crippen LogP) is -0.780. The lowest BCUT2D eigenvalue weighted by Crippen LogP contribution is -2.20. The third-order valence-corrected chi connectivity index (χ3v) is 2.57. The molecular formula is C11H17N5O3. The largest absolute Gasteiger partial charge is 0.394 e. The first-order valence-corrected chi connectivity index (χ1v) is 5.84. The molecule has 0 fully saturated rings. The van der Waals surface area contributed by atoms with Gasteiger partial charge < -0.3 is 19.8 Å². The van der Waals surface area contributed by atoms with Gasteiger partial charge in [0.25, 0.3) is 0 Å². The average Bonchev–Trinajstić information content (AvgIpc) is 2.81. The molecule has 0 aliphatic rings. The van der Waals surface area contributed by atoms with Gasteiger partial charge in [-0.25, -0.2) is 14.6 Å². The second-order valence-electron chi connectivity index (χ2n) is 4.31. The third kappa shape index (κ3) is 2.98. The van der Waals surface area contributed by atoms with Crippen molar-refractivity contribution in [3.05, 3.63) is 12.5 Å². The highest BCUT2D eigenvalue weighted by molar-refractivity contribution is 5.86. The van der Waals surface area contributed by atoms with Gasteiger partial charge in [0.05, 0.1) is 24.8 Å². The summed E-state index contributed by atoms with van der Waals surface area (Å²) in [4.78, 5) is 10.2. The quantitative estimate of drug-likeness (QED) is 0.708. The summed E-state index contributed by atoms with van der Waals surface area (Å²) in [7, 11) is 3.79. The van der Waals surface area contributed by atoms with E-state index >= 15 is 0 Å². The van der Waals surface area contributed by atoms with Crippen LogP contribution < -0.4 is 4.90 Å². The minimum atomic E-state index is -0.881. The standard InChI is InChI=1S/C11H17N5O3/c1-15(2)10-9-3-14-16(11(9)13-6-12-10)7-19-5-8(18)4-17/h3,6,8,17-18H,4-5,7H2,1-2H3/t8-/m0/s1. The molecule has 8 nitrogen and oxygen atoms in total. The van der Waals surface area contributed by atoms with E-state index in [1.54, 1.807) is 10.9 Å². The molecule has 0 bridgehead atoms. The minimum Gasteiger partial charge on any atom is -0.394 e. The number of aromatic nitrogens is 4. The van der Waals surface area contributed by atoms with Crippen LogP contribution in [0.3, 0.4) is 0 Å². The van der Waals surface area contributed by atoms with E-state index < -0.39 is 6.10 Å². The van der Waals surface area contributed by atoms with Gasteiger partial charge in [-0.3, -0.25) is 0 Å². The lowest BCUT2D eigenvalue weighted by Gasteiger charge is -2.11. The number of aliphatic hydroxyl groups is 2. The van der Waals surface area contributed by atoms with Crippen molar-refractivity contribution < 1.29 is 14.9 Å². The van der Waals surface area contributed by atoms with Crippen LogP contribution in [-0.2, 0) is 11.5 Å². The van der Waals surface area contributed by atoms with Crippen LogP contribution in [0.25, 0.3) is 11.0 Å². The molecule has 0 radical (unpaired) electrons. The van der Waals surface area contributed by atoms with E-state index in [-0.39, 0.29) is 19.9 Å². The van der Waals surface area contributed by atoms with E-state index in [1.807, 2.05) is 19.0 Å². The van der Waals surface area contributed by atoms with Gasteiger partial charge in [0, 0.05) is 14.1 Å². The highest BCUT2D eigenvalue weighted by Crippen LogP contribution is 2.20. The fraction of sp³-hybridized carbons (Fsp3) is 0.545. The highest BCUT2D eigenvalue weighted by atomic mass is 16.5. The summed E-state index contributed by atoms with van der Waals surface area (Å²) < 4.78 is 6.83. The lowest BCUT2D eigenvalue weighted by molar-refractivity contribution is -0.0194. The Hall–Kier alpha value is -1.77. The Bertz CT molecular complexity index is 542. The summed E-state index contributed by atoms with van der Waals surface area (Å²) in [5.74, 6) is 0.784. The molecule has 2 aromatic heterocycles. The van der Waals surface area contributed by atoms with Crippen molar-refractivity contribution in [2.24, 2.45) is 0 Å². The van der Waals surface area contributed by atoms with Crippen LogP contribution in [0.4, 0.5) is 5.82 Å². The topological polar surface area (TPSA) is 96.5 Å². The number of fused-ring (bicyclic) bond motifs is 1. The molecule has 1 atom stereocenters. The maximum Gasteiger partial charge on any atom is 0.165 e. The summed E-state index contributed by atoms with van der Waals surface area (Å²) in [6, 6.07) is 0. The third-order valence-electron chi connectivity index (χ3n) is 2.57. The monoisotopic (exact) mass is 267 g/mol. The number of rotatable bonds is 6. The van der Waals surface area contributed by atoms with Crippen molar-refractivity contribution in [3.63, 3.8) is 0 Å². The highest BCUT2D eigenvalue weighted by Gasteiger charge is 2.11. The predicted molar refractivity (Wildman–Crippen MR) is 68.7 cm³/mol. The molecule has 2 aromatic rings. The van der Waals surface area contributed by atoms with Gasteiger partial charge in [-0.05, 0) is 0 Å². The second kappa shape index (κ2) is 5.91. The fourth-order valence-electron chi connectivity index (χ4n) is 1.66. The average molecular weight is 267 g/mol. The molecule has 0 amide bonds. The molecule has 104 valence electrons. The number of ether oxygens (including phenoxy) is 1. The van der Waals surface area contributed by atoms with Crippen LogP contribution >= 0.6 is 0 Å². The number of anilines is 1. The van der Waals surface area contributed by atoms with Crippen LogP contribution in [0.5, 0.6) is 0 Å². The normalized spacial score (nSPS) is 12.8. The molecule has 19 heavy (non-hydrogen) atoms. The van der Waals surface area contributed by atoms with Crippen molar-refractivity contribution in [2.45, 2.75) is 12.8 Å². The molecule has 0 unspecified atom stereocenters. The van der Waals surface area contributed by atoms with Gasteiger partial charge in [-0.1, -0.05) is 0 Å². The number of hydrogen-bond acceptors (Lipinski definition) is 7. The van der Waals surface area contributed by atoms with Crippen LogP contribution in [0.15, 0.2) is 12.5 Å². The van der Waals surface area contributed by atoms with Gasteiger partial charge in [-0.2, -0.15) is 5.10 Å². The number of hydrogen-bond donors (Lipinski definition) is 2. The Morgan fingerprint density at radius 3 is 2.89 bits per heavy atom. The molecule has 2 N–H and O–H groups in total. The molecule has 2 heterocycles. The molecule has 0 aliphatic heterocycles. The Labute approximate surface area is 110 Å². The summed E-state index contributed by atoms with van der Waals surface area (Å²) >= 11 is 0. The summed E-state index contributed by atoms with van der Waals surface area (Å²) in [5.41, 5.74) is 0.664. The van der Waals surface area contributed by atoms with Crippen molar-refractivity contribution >= 4 is 16.9 Å². The molecule has 2 rings (SSSR count). The Kier molecular flexibility index (Phi) is 4.25. The Morgan fingerprint density at radius 2 is 2.21 bits per heavy atom. The van der Waals surface area contributed by atoms with Crippen molar-refractivity contribution in [1.29, 1.82) is 0 Å². The molecule has 0 saturated heterocycles. The van der Waals surface area contributed by atoms with Crippen molar-refractivity contribution in [2.75, 3.05) is 32.2 Å². The van der Waals surface area contributed by atoms with Gasteiger partial charge in [0.15, 0.2) is 5.65 Å². The van der Waals surface area contributed by atoms with E-state index in [2.05, 4.69) is 15.1 Å². The van der Waals surface area contributed by atoms with Crippen molar-refractivity contribution in [1.82, 2.24) is 19.7 Å². The van der Waals surface area contributed by atoms with Crippen LogP contribution in [-0.4, -0.2) is 63.4 Å². The Balaban J connectivity index is 2.15. The second-order valence-corrected chi connectivity index (χ2v) is 4.31. The maximum absolute atomic E-state index is 9.18. The molecule has 0 spiro atoms. The Morgan fingerprint density at radius 1 is 1.42 bits per heavy atom. The van der Waals surface area contributed by atoms with E-state index in [9.17, 15) is 5.11 Å². The van der Waals surface area contributed by atoms with Crippen molar-refractivity contribution in [3.8, 4) is 0 Å². The van der Waals surface area contributed by atoms with E-state index in [1.165, 1.54) is 6.33 Å². The van der Waals surface area contributed by atoms with E-state index in [0.717, 1.165) is 11.2 Å². The zero-order valence-electron chi connectivity index (χ0n) is 10.9. The molecule has 0 aliphatic carbocycles. The summed E-state index contributed by atoms with van der Waals surface area (Å²) in [6.45, 7) is -0.124. The first-order valence-electron chi connectivity index (χ1n) is 5.84.